The van der Waals surface area contributed by atoms with Crippen LogP contribution in [0.5, 0.6) is 0 Å². The van der Waals surface area contributed by atoms with Crippen molar-refractivity contribution < 1.29 is 0 Å². The van der Waals surface area contributed by atoms with Gasteiger partial charge in [-0.2, -0.15) is 0 Å². The molecule has 0 aliphatic carbocycles. The molecule has 0 amide bonds. The van der Waals surface area contributed by atoms with Gasteiger partial charge in [0.25, 0.3) is 0 Å². The smallest absolute Gasteiger partial charge is 0.150 e. The molecule has 1 saturated heterocycles. The molecule has 24 heavy (non-hydrogen) atoms. The summed E-state index contributed by atoms with van der Waals surface area (Å²) in [4.78, 5) is 19.6. The molecule has 0 bridgehead atoms. The van der Waals surface area contributed by atoms with E-state index in [2.05, 4.69) is 48.5 Å². The molecule has 0 saturated carbocycles. The van der Waals surface area contributed by atoms with Crippen molar-refractivity contribution in [3.63, 3.8) is 0 Å². The Morgan fingerprint density at radius 1 is 1.17 bits per heavy atom. The molecule has 4 heterocycles. The molecule has 7 heteroatoms. The predicted molar refractivity (Wildman–Crippen MR) is 96.2 cm³/mol. The third kappa shape index (κ3) is 3.09. The Balaban J connectivity index is 1.39. The van der Waals surface area contributed by atoms with Crippen LogP contribution < -0.4 is 10.2 Å². The van der Waals surface area contributed by atoms with Crippen molar-refractivity contribution in [2.24, 2.45) is 0 Å². The minimum atomic E-state index is 0.243. The molecule has 1 atom stereocenters. The molecular formula is C17H20N6S. The fourth-order valence-electron chi connectivity index (χ4n) is 3.26. The highest BCUT2D eigenvalue weighted by atomic mass is 32.1. The standard InChI is InChI=1S/C17H20N6S/c1-12(14-2-6-18-10-19-14)22-13-3-7-23(8-4-13)17-16-15(5-9-24-16)20-11-21-17/h2,5-6,9-13,22H,3-4,7-8H2,1H3/t12-/m0/s1. The highest BCUT2D eigenvalue weighted by Gasteiger charge is 2.23. The Kier molecular flexibility index (Phi) is 4.36. The summed E-state index contributed by atoms with van der Waals surface area (Å²) in [6, 6.07) is 4.78. The molecule has 3 aromatic heterocycles. The lowest BCUT2D eigenvalue weighted by Gasteiger charge is -2.34. The minimum Gasteiger partial charge on any atom is -0.355 e. The van der Waals surface area contributed by atoms with Gasteiger partial charge in [-0.3, -0.25) is 0 Å². The second kappa shape index (κ2) is 6.78. The highest BCUT2D eigenvalue weighted by molar-refractivity contribution is 7.17. The number of nitrogens with one attached hydrogen (secondary N) is 1. The summed E-state index contributed by atoms with van der Waals surface area (Å²) in [6.07, 6.45) is 7.28. The second-order valence-corrected chi connectivity index (χ2v) is 7.03. The van der Waals surface area contributed by atoms with Gasteiger partial charge >= 0.3 is 0 Å². The molecule has 3 aromatic rings. The Bertz CT molecular complexity index is 797. The highest BCUT2D eigenvalue weighted by Crippen LogP contribution is 2.29. The lowest BCUT2D eigenvalue weighted by atomic mass is 10.0. The maximum Gasteiger partial charge on any atom is 0.150 e. The third-order valence-electron chi connectivity index (χ3n) is 4.55. The summed E-state index contributed by atoms with van der Waals surface area (Å²) in [5, 5.41) is 5.78. The van der Waals surface area contributed by atoms with E-state index in [0.29, 0.717) is 6.04 Å². The SMILES string of the molecule is C[C@H](NC1CCN(c2ncnc3ccsc23)CC1)c1ccncn1. The lowest BCUT2D eigenvalue weighted by Crippen LogP contribution is -2.43. The Hall–Kier alpha value is -2.12. The Morgan fingerprint density at radius 3 is 2.83 bits per heavy atom. The molecule has 4 rings (SSSR count). The van der Waals surface area contributed by atoms with Gasteiger partial charge in [-0.1, -0.05) is 0 Å². The van der Waals surface area contributed by atoms with Gasteiger partial charge in [0.15, 0.2) is 0 Å². The molecule has 1 N–H and O–H groups in total. The molecule has 0 radical (unpaired) electrons. The summed E-state index contributed by atoms with van der Waals surface area (Å²) in [5.41, 5.74) is 2.09. The van der Waals surface area contributed by atoms with Crippen LogP contribution in [0.1, 0.15) is 31.5 Å². The van der Waals surface area contributed by atoms with Crippen LogP contribution in [0.15, 0.2) is 36.4 Å². The second-order valence-electron chi connectivity index (χ2n) is 6.12. The van der Waals surface area contributed by atoms with E-state index < -0.39 is 0 Å². The van der Waals surface area contributed by atoms with Crippen LogP contribution >= 0.6 is 11.3 Å². The average Bonchev–Trinajstić information content (AvgIpc) is 3.12. The topological polar surface area (TPSA) is 66.8 Å². The molecule has 0 spiro atoms. The molecule has 1 aliphatic rings. The van der Waals surface area contributed by atoms with Crippen LogP contribution in [0.3, 0.4) is 0 Å². The first-order chi connectivity index (χ1) is 11.8. The first kappa shape index (κ1) is 15.4. The Labute approximate surface area is 145 Å². The summed E-state index contributed by atoms with van der Waals surface area (Å²) in [5.74, 6) is 1.08. The van der Waals surface area contributed by atoms with E-state index in [1.54, 1.807) is 30.2 Å². The van der Waals surface area contributed by atoms with Gasteiger partial charge in [-0.05, 0) is 37.3 Å². The van der Waals surface area contributed by atoms with Gasteiger partial charge in [0.05, 0.1) is 15.9 Å². The number of piperidine rings is 1. The zero-order valence-corrected chi connectivity index (χ0v) is 14.4. The van der Waals surface area contributed by atoms with Crippen LogP contribution in [0.25, 0.3) is 10.2 Å². The first-order valence-electron chi connectivity index (χ1n) is 8.26. The summed E-state index contributed by atoms with van der Waals surface area (Å²) in [6.45, 7) is 4.19. The summed E-state index contributed by atoms with van der Waals surface area (Å²) in [7, 11) is 0. The molecule has 0 unspecified atom stereocenters. The molecule has 0 aromatic carbocycles. The quantitative estimate of drug-likeness (QED) is 0.788. The monoisotopic (exact) mass is 340 g/mol. The van der Waals surface area contributed by atoms with E-state index in [9.17, 15) is 0 Å². The number of hydrogen-bond acceptors (Lipinski definition) is 7. The number of thiophene rings is 1. The zero-order chi connectivity index (χ0) is 16.4. The van der Waals surface area contributed by atoms with Gasteiger partial charge in [0.1, 0.15) is 18.5 Å². The maximum absolute atomic E-state index is 4.52. The van der Waals surface area contributed by atoms with Crippen LogP contribution in [-0.2, 0) is 0 Å². The molecular weight excluding hydrogens is 320 g/mol. The number of hydrogen-bond donors (Lipinski definition) is 1. The molecule has 1 aliphatic heterocycles. The molecule has 124 valence electrons. The van der Waals surface area contributed by atoms with E-state index in [1.807, 2.05) is 6.07 Å². The Morgan fingerprint density at radius 2 is 2.04 bits per heavy atom. The number of nitrogens with zero attached hydrogens (tertiary/aromatic N) is 5. The number of aromatic nitrogens is 4. The van der Waals surface area contributed by atoms with E-state index in [-0.39, 0.29) is 6.04 Å². The lowest BCUT2D eigenvalue weighted by molar-refractivity contribution is 0.377. The number of anilines is 1. The normalized spacial score (nSPS) is 17.3. The minimum absolute atomic E-state index is 0.243. The van der Waals surface area contributed by atoms with Gasteiger partial charge < -0.3 is 10.2 Å². The van der Waals surface area contributed by atoms with Gasteiger partial charge in [-0.25, -0.2) is 19.9 Å². The van der Waals surface area contributed by atoms with Crippen molar-refractivity contribution in [1.29, 1.82) is 0 Å². The fourth-order valence-corrected chi connectivity index (χ4v) is 4.12. The maximum atomic E-state index is 4.52. The third-order valence-corrected chi connectivity index (χ3v) is 5.45. The van der Waals surface area contributed by atoms with Gasteiger partial charge in [0.2, 0.25) is 0 Å². The van der Waals surface area contributed by atoms with Crippen molar-refractivity contribution in [2.45, 2.75) is 31.8 Å². The number of rotatable bonds is 4. The van der Waals surface area contributed by atoms with Crippen molar-refractivity contribution in [2.75, 3.05) is 18.0 Å². The van der Waals surface area contributed by atoms with E-state index >= 15 is 0 Å². The molecule has 1 fully saturated rings. The first-order valence-corrected chi connectivity index (χ1v) is 9.14. The van der Waals surface area contributed by atoms with Crippen LogP contribution in [-0.4, -0.2) is 39.1 Å². The predicted octanol–water partition coefficient (Wildman–Crippen LogP) is 2.80. The van der Waals surface area contributed by atoms with Crippen molar-refractivity contribution in [3.8, 4) is 0 Å². The van der Waals surface area contributed by atoms with E-state index in [1.165, 1.54) is 4.70 Å². The summed E-state index contributed by atoms with van der Waals surface area (Å²) >= 11 is 1.72. The van der Waals surface area contributed by atoms with Crippen molar-refractivity contribution >= 4 is 27.4 Å². The van der Waals surface area contributed by atoms with Gasteiger partial charge in [0, 0.05) is 31.4 Å². The van der Waals surface area contributed by atoms with E-state index in [4.69, 9.17) is 0 Å². The fraction of sp³-hybridized carbons (Fsp3) is 0.412. The van der Waals surface area contributed by atoms with Crippen LogP contribution in [0, 0.1) is 0 Å². The van der Waals surface area contributed by atoms with E-state index in [0.717, 1.165) is 43.0 Å². The van der Waals surface area contributed by atoms with Crippen LogP contribution in [0.4, 0.5) is 5.82 Å². The number of fused-ring (bicyclic) bond motifs is 1. The molecule has 6 nitrogen and oxygen atoms in total. The average molecular weight is 340 g/mol. The zero-order valence-electron chi connectivity index (χ0n) is 13.6. The van der Waals surface area contributed by atoms with Crippen molar-refractivity contribution in [1.82, 2.24) is 25.3 Å². The summed E-state index contributed by atoms with van der Waals surface area (Å²) < 4.78 is 1.19. The van der Waals surface area contributed by atoms with Crippen molar-refractivity contribution in [3.05, 3.63) is 42.1 Å². The largest absolute Gasteiger partial charge is 0.355 e. The van der Waals surface area contributed by atoms with Gasteiger partial charge in [-0.15, -0.1) is 11.3 Å². The van der Waals surface area contributed by atoms with Crippen LogP contribution in [0.2, 0.25) is 0 Å².